The van der Waals surface area contributed by atoms with E-state index in [1.165, 1.54) is 0 Å². The molecule has 3 N–H and O–H groups in total. The molecule has 4 heteroatoms. The van der Waals surface area contributed by atoms with Gasteiger partial charge in [0.2, 0.25) is 5.91 Å². The molecule has 0 aliphatic rings. The van der Waals surface area contributed by atoms with Gasteiger partial charge in [0.15, 0.2) is 0 Å². The molecule has 0 spiro atoms. The van der Waals surface area contributed by atoms with E-state index in [0.29, 0.717) is 12.5 Å². The van der Waals surface area contributed by atoms with E-state index in [1.807, 2.05) is 0 Å². The minimum Gasteiger partial charge on any atom is -0.355 e. The molecule has 0 rings (SSSR count). The maximum atomic E-state index is 11.9. The maximum absolute atomic E-state index is 11.9. The van der Waals surface area contributed by atoms with Crippen LogP contribution in [0.25, 0.3) is 0 Å². The zero-order valence-corrected chi connectivity index (χ0v) is 11.8. The number of nitrogens with one attached hydrogen (secondary N) is 1. The summed E-state index contributed by atoms with van der Waals surface area (Å²) in [5.41, 5.74) is 5.63. The lowest BCUT2D eigenvalue weighted by molar-refractivity contribution is -0.125. The Morgan fingerprint density at radius 2 is 1.88 bits per heavy atom. The van der Waals surface area contributed by atoms with E-state index in [0.717, 1.165) is 32.6 Å². The molecule has 0 aliphatic carbocycles. The molecule has 0 aliphatic heterocycles. The van der Waals surface area contributed by atoms with Gasteiger partial charge in [-0.25, -0.2) is 0 Å². The fourth-order valence-corrected chi connectivity index (χ4v) is 1.90. The lowest BCUT2D eigenvalue weighted by atomic mass is 9.96. The van der Waals surface area contributed by atoms with E-state index in [-0.39, 0.29) is 11.8 Å². The van der Waals surface area contributed by atoms with Crippen LogP contribution in [-0.4, -0.2) is 43.5 Å². The van der Waals surface area contributed by atoms with Gasteiger partial charge in [0.25, 0.3) is 0 Å². The third-order valence-electron chi connectivity index (χ3n) is 3.03. The molecule has 0 aromatic rings. The van der Waals surface area contributed by atoms with Crippen molar-refractivity contribution in [3.8, 4) is 0 Å². The molecule has 0 heterocycles. The number of likely N-dealkylation sites (N-methyl/N-ethyl adjacent to an activating group) is 1. The second-order valence-electron chi connectivity index (χ2n) is 4.88. The molecule has 0 radical (unpaired) electrons. The lowest BCUT2D eigenvalue weighted by Gasteiger charge is -2.20. The van der Waals surface area contributed by atoms with Crippen molar-refractivity contribution < 1.29 is 4.79 Å². The summed E-state index contributed by atoms with van der Waals surface area (Å²) in [5, 5.41) is 2.98. The first-order valence-corrected chi connectivity index (χ1v) is 6.75. The Balaban J connectivity index is 3.90. The molecule has 102 valence electrons. The highest BCUT2D eigenvalue weighted by atomic mass is 16.1. The van der Waals surface area contributed by atoms with Crippen molar-refractivity contribution >= 4 is 5.91 Å². The molecule has 0 saturated carbocycles. The molecule has 4 nitrogen and oxygen atoms in total. The van der Waals surface area contributed by atoms with Gasteiger partial charge in [-0.15, -0.1) is 0 Å². The zero-order chi connectivity index (χ0) is 13.3. The zero-order valence-electron chi connectivity index (χ0n) is 11.8. The first-order chi connectivity index (χ1) is 8.04. The summed E-state index contributed by atoms with van der Waals surface area (Å²) in [6, 6.07) is 0. The van der Waals surface area contributed by atoms with Crippen LogP contribution in [0, 0.1) is 11.8 Å². The summed E-state index contributed by atoms with van der Waals surface area (Å²) in [7, 11) is 0. The summed E-state index contributed by atoms with van der Waals surface area (Å²) >= 11 is 0. The first-order valence-electron chi connectivity index (χ1n) is 6.75. The van der Waals surface area contributed by atoms with Crippen molar-refractivity contribution in [2.45, 2.75) is 34.1 Å². The van der Waals surface area contributed by atoms with E-state index in [4.69, 9.17) is 5.73 Å². The fraction of sp³-hybridized carbons (Fsp3) is 0.923. The Hall–Kier alpha value is -0.610. The molecule has 17 heavy (non-hydrogen) atoms. The summed E-state index contributed by atoms with van der Waals surface area (Å²) in [5.74, 6) is 0.581. The highest BCUT2D eigenvalue weighted by Crippen LogP contribution is 2.10. The third kappa shape index (κ3) is 7.34. The number of hydrogen-bond donors (Lipinski definition) is 2. The average molecular weight is 243 g/mol. The van der Waals surface area contributed by atoms with Crippen LogP contribution in [0.3, 0.4) is 0 Å². The average Bonchev–Trinajstić information content (AvgIpc) is 2.31. The Morgan fingerprint density at radius 1 is 1.29 bits per heavy atom. The van der Waals surface area contributed by atoms with Crippen LogP contribution >= 0.6 is 0 Å². The number of carbonyl (C=O) groups excluding carboxylic acids is 1. The predicted octanol–water partition coefficient (Wildman–Crippen LogP) is 1.07. The van der Waals surface area contributed by atoms with Gasteiger partial charge in [0.1, 0.15) is 0 Å². The number of amides is 1. The van der Waals surface area contributed by atoms with Gasteiger partial charge in [-0.3, -0.25) is 4.79 Å². The number of hydrogen-bond acceptors (Lipinski definition) is 3. The summed E-state index contributed by atoms with van der Waals surface area (Å²) < 4.78 is 0. The van der Waals surface area contributed by atoms with E-state index < -0.39 is 0 Å². The smallest absolute Gasteiger partial charge is 0.224 e. The van der Waals surface area contributed by atoms with E-state index >= 15 is 0 Å². The third-order valence-corrected chi connectivity index (χ3v) is 3.03. The van der Waals surface area contributed by atoms with E-state index in [9.17, 15) is 4.79 Å². The molecule has 0 aromatic heterocycles. The molecule has 0 fully saturated rings. The number of carbonyl (C=O) groups is 1. The standard InChI is InChI=1S/C13H29N3O/c1-5-16(6-2)8-7-15-13(17)12(10-14)9-11(3)4/h11-12H,5-10,14H2,1-4H3,(H,15,17). The van der Waals surface area contributed by atoms with E-state index in [2.05, 4.69) is 37.9 Å². The van der Waals surface area contributed by atoms with Crippen molar-refractivity contribution in [3.63, 3.8) is 0 Å². The SMILES string of the molecule is CCN(CC)CCNC(=O)C(CN)CC(C)C. The predicted molar refractivity (Wildman–Crippen MR) is 72.8 cm³/mol. The number of rotatable bonds is 9. The van der Waals surface area contributed by atoms with Crippen molar-refractivity contribution in [3.05, 3.63) is 0 Å². The van der Waals surface area contributed by atoms with Gasteiger partial charge < -0.3 is 16.0 Å². The molecule has 1 unspecified atom stereocenters. The summed E-state index contributed by atoms with van der Waals surface area (Å²) in [6.45, 7) is 12.6. The van der Waals surface area contributed by atoms with Crippen LogP contribution in [0.15, 0.2) is 0 Å². The maximum Gasteiger partial charge on any atom is 0.224 e. The van der Waals surface area contributed by atoms with Gasteiger partial charge in [0, 0.05) is 19.6 Å². The highest BCUT2D eigenvalue weighted by Gasteiger charge is 2.17. The Bertz CT molecular complexity index is 203. The minimum atomic E-state index is -0.0355. The molecule has 1 atom stereocenters. The van der Waals surface area contributed by atoms with Crippen LogP contribution in [0.1, 0.15) is 34.1 Å². The Morgan fingerprint density at radius 3 is 2.29 bits per heavy atom. The van der Waals surface area contributed by atoms with Crippen LogP contribution in [0.4, 0.5) is 0 Å². The monoisotopic (exact) mass is 243 g/mol. The van der Waals surface area contributed by atoms with Crippen molar-refractivity contribution in [1.82, 2.24) is 10.2 Å². The molecular weight excluding hydrogens is 214 g/mol. The van der Waals surface area contributed by atoms with Crippen molar-refractivity contribution in [2.24, 2.45) is 17.6 Å². The lowest BCUT2D eigenvalue weighted by Crippen LogP contribution is -2.40. The van der Waals surface area contributed by atoms with Gasteiger partial charge in [-0.2, -0.15) is 0 Å². The molecular formula is C13H29N3O. The Kier molecular flexibility index (Phi) is 9.09. The topological polar surface area (TPSA) is 58.4 Å². The van der Waals surface area contributed by atoms with Crippen LogP contribution in [0.2, 0.25) is 0 Å². The summed E-state index contributed by atoms with van der Waals surface area (Å²) in [4.78, 5) is 14.2. The first kappa shape index (κ1) is 16.4. The van der Waals surface area contributed by atoms with Crippen LogP contribution < -0.4 is 11.1 Å². The summed E-state index contributed by atoms with van der Waals surface area (Å²) in [6.07, 6.45) is 0.869. The molecule has 0 aromatic carbocycles. The van der Waals surface area contributed by atoms with Gasteiger partial charge in [0.05, 0.1) is 5.92 Å². The van der Waals surface area contributed by atoms with Gasteiger partial charge >= 0.3 is 0 Å². The Labute approximate surface area is 106 Å². The largest absolute Gasteiger partial charge is 0.355 e. The second kappa shape index (κ2) is 9.42. The van der Waals surface area contributed by atoms with Crippen LogP contribution in [-0.2, 0) is 4.79 Å². The quantitative estimate of drug-likeness (QED) is 0.637. The normalized spacial score (nSPS) is 13.1. The van der Waals surface area contributed by atoms with Gasteiger partial charge in [-0.05, 0) is 25.4 Å². The van der Waals surface area contributed by atoms with Crippen LogP contribution in [0.5, 0.6) is 0 Å². The molecule has 0 saturated heterocycles. The van der Waals surface area contributed by atoms with Gasteiger partial charge in [-0.1, -0.05) is 27.7 Å². The number of nitrogens with zero attached hydrogens (tertiary/aromatic N) is 1. The highest BCUT2D eigenvalue weighted by molar-refractivity contribution is 5.78. The fourth-order valence-electron chi connectivity index (χ4n) is 1.90. The number of nitrogens with two attached hydrogens (primary N) is 1. The van der Waals surface area contributed by atoms with Crippen molar-refractivity contribution in [1.29, 1.82) is 0 Å². The van der Waals surface area contributed by atoms with E-state index in [1.54, 1.807) is 0 Å². The van der Waals surface area contributed by atoms with Crippen molar-refractivity contribution in [2.75, 3.05) is 32.7 Å². The molecule has 0 bridgehead atoms. The molecule has 1 amide bonds. The second-order valence-corrected chi connectivity index (χ2v) is 4.88. The minimum absolute atomic E-state index is 0.0355.